The van der Waals surface area contributed by atoms with Crippen molar-refractivity contribution in [1.82, 2.24) is 4.90 Å². The Labute approximate surface area is 131 Å². The van der Waals surface area contributed by atoms with E-state index in [4.69, 9.17) is 10.5 Å². The molecule has 1 aromatic rings. The van der Waals surface area contributed by atoms with Gasteiger partial charge in [-0.3, -0.25) is 4.90 Å². The van der Waals surface area contributed by atoms with Crippen molar-refractivity contribution < 1.29 is 4.74 Å². The number of hydrogen-bond acceptors (Lipinski definition) is 3. The van der Waals surface area contributed by atoms with Gasteiger partial charge in [0.2, 0.25) is 0 Å². The smallest absolute Gasteiger partial charge is 0.0589 e. The summed E-state index contributed by atoms with van der Waals surface area (Å²) < 4.78 is 6.37. The molecule has 1 aromatic carbocycles. The maximum atomic E-state index is 6.28. The zero-order valence-electron chi connectivity index (χ0n) is 13.0. The summed E-state index contributed by atoms with van der Waals surface area (Å²) >= 11 is 3.65. The average Bonchev–Trinajstić information content (AvgIpc) is 2.37. The summed E-state index contributed by atoms with van der Waals surface area (Å²) in [5, 5.41) is 0. The van der Waals surface area contributed by atoms with Crippen LogP contribution in [0.1, 0.15) is 32.4 Å². The molecule has 0 heterocycles. The fraction of sp³-hybridized carbons (Fsp3) is 0.625. The first-order chi connectivity index (χ1) is 9.47. The van der Waals surface area contributed by atoms with Crippen LogP contribution in [0.25, 0.3) is 0 Å². The normalized spacial score (nSPS) is 14.8. The molecular formula is C16H27BrN2O. The molecule has 0 saturated carbocycles. The van der Waals surface area contributed by atoms with Crippen molar-refractivity contribution >= 4 is 15.9 Å². The molecule has 4 heteroatoms. The number of ether oxygens (including phenoxy) is 1. The summed E-state index contributed by atoms with van der Waals surface area (Å²) in [5.74, 6) is 0.593. The van der Waals surface area contributed by atoms with Crippen LogP contribution >= 0.6 is 15.9 Å². The second-order valence-electron chi connectivity index (χ2n) is 5.71. The molecule has 0 aromatic heterocycles. The van der Waals surface area contributed by atoms with E-state index in [1.54, 1.807) is 7.11 Å². The maximum absolute atomic E-state index is 6.28. The third-order valence-electron chi connectivity index (χ3n) is 3.30. The van der Waals surface area contributed by atoms with Crippen LogP contribution in [0, 0.1) is 5.92 Å². The number of rotatable bonds is 8. The van der Waals surface area contributed by atoms with Crippen LogP contribution in [0.3, 0.4) is 0 Å². The highest BCUT2D eigenvalue weighted by molar-refractivity contribution is 9.10. The van der Waals surface area contributed by atoms with E-state index < -0.39 is 0 Å². The third kappa shape index (κ3) is 5.17. The standard InChI is InChI=1S/C16H27BrN2O/c1-12(2)11-19(9-10-20-4)16(13(3)18)14-7-5-6-8-15(14)17/h5-8,12-13,16H,9-11,18H2,1-4H3. The number of nitrogens with two attached hydrogens (primary N) is 1. The van der Waals surface area contributed by atoms with Gasteiger partial charge in [-0.1, -0.05) is 48.0 Å². The van der Waals surface area contributed by atoms with E-state index in [1.807, 2.05) is 6.07 Å². The fourth-order valence-electron chi connectivity index (χ4n) is 2.55. The molecule has 2 N–H and O–H groups in total. The second kappa shape index (κ2) is 8.78. The van der Waals surface area contributed by atoms with Crippen molar-refractivity contribution in [2.75, 3.05) is 26.8 Å². The Morgan fingerprint density at radius 3 is 2.40 bits per heavy atom. The first-order valence-corrected chi connectivity index (χ1v) is 7.99. The Kier molecular flexibility index (Phi) is 7.74. The Balaban J connectivity index is 3.04. The summed E-state index contributed by atoms with van der Waals surface area (Å²) in [6.07, 6.45) is 0. The van der Waals surface area contributed by atoms with Crippen molar-refractivity contribution in [2.45, 2.75) is 32.9 Å². The molecule has 0 saturated heterocycles. The molecule has 0 radical (unpaired) electrons. The van der Waals surface area contributed by atoms with Crippen LogP contribution in [-0.2, 0) is 4.74 Å². The van der Waals surface area contributed by atoms with Gasteiger partial charge in [0.05, 0.1) is 12.6 Å². The van der Waals surface area contributed by atoms with Gasteiger partial charge in [-0.05, 0) is 24.5 Å². The minimum absolute atomic E-state index is 0.0595. The number of nitrogens with zero attached hydrogens (tertiary/aromatic N) is 1. The largest absolute Gasteiger partial charge is 0.383 e. The zero-order chi connectivity index (χ0) is 15.1. The Bertz CT molecular complexity index is 396. The van der Waals surface area contributed by atoms with E-state index in [0.717, 1.165) is 24.2 Å². The van der Waals surface area contributed by atoms with Crippen molar-refractivity contribution in [3.63, 3.8) is 0 Å². The van der Waals surface area contributed by atoms with Gasteiger partial charge in [0.1, 0.15) is 0 Å². The lowest BCUT2D eigenvalue weighted by atomic mass is 9.98. The molecule has 0 fully saturated rings. The van der Waals surface area contributed by atoms with E-state index in [0.29, 0.717) is 5.92 Å². The van der Waals surface area contributed by atoms with Crippen LogP contribution in [0.4, 0.5) is 0 Å². The lowest BCUT2D eigenvalue weighted by molar-refractivity contribution is 0.100. The van der Waals surface area contributed by atoms with Crippen LogP contribution in [0.15, 0.2) is 28.7 Å². The van der Waals surface area contributed by atoms with Gasteiger partial charge in [0, 0.05) is 30.7 Å². The van der Waals surface area contributed by atoms with Gasteiger partial charge in [-0.25, -0.2) is 0 Å². The summed E-state index contributed by atoms with van der Waals surface area (Å²) in [4.78, 5) is 2.43. The number of benzene rings is 1. The van der Waals surface area contributed by atoms with E-state index >= 15 is 0 Å². The van der Waals surface area contributed by atoms with Gasteiger partial charge in [-0.2, -0.15) is 0 Å². The maximum Gasteiger partial charge on any atom is 0.0589 e. The van der Waals surface area contributed by atoms with Gasteiger partial charge in [0.25, 0.3) is 0 Å². The molecule has 0 spiro atoms. The van der Waals surface area contributed by atoms with Crippen LogP contribution < -0.4 is 5.73 Å². The zero-order valence-corrected chi connectivity index (χ0v) is 14.6. The lowest BCUT2D eigenvalue weighted by Gasteiger charge is -2.36. The molecular weight excluding hydrogens is 316 g/mol. The molecule has 0 aliphatic heterocycles. The average molecular weight is 343 g/mol. The van der Waals surface area contributed by atoms with Crippen LogP contribution in [0.5, 0.6) is 0 Å². The summed E-state index contributed by atoms with van der Waals surface area (Å²) in [6.45, 7) is 9.17. The van der Waals surface area contributed by atoms with E-state index in [9.17, 15) is 0 Å². The van der Waals surface area contributed by atoms with Crippen LogP contribution in [0.2, 0.25) is 0 Å². The summed E-state index contributed by atoms with van der Waals surface area (Å²) in [7, 11) is 1.74. The molecule has 0 amide bonds. The molecule has 3 nitrogen and oxygen atoms in total. The van der Waals surface area contributed by atoms with Gasteiger partial charge >= 0.3 is 0 Å². The van der Waals surface area contributed by atoms with Crippen molar-refractivity contribution in [2.24, 2.45) is 11.7 Å². The number of methoxy groups -OCH3 is 1. The first kappa shape index (κ1) is 17.6. The Morgan fingerprint density at radius 2 is 1.90 bits per heavy atom. The molecule has 0 bridgehead atoms. The molecule has 2 unspecified atom stereocenters. The topological polar surface area (TPSA) is 38.5 Å². The van der Waals surface area contributed by atoms with Gasteiger partial charge < -0.3 is 10.5 Å². The van der Waals surface area contributed by atoms with Gasteiger partial charge in [0.15, 0.2) is 0 Å². The van der Waals surface area contributed by atoms with E-state index in [-0.39, 0.29) is 12.1 Å². The van der Waals surface area contributed by atoms with E-state index in [1.165, 1.54) is 5.56 Å². The van der Waals surface area contributed by atoms with Crippen LogP contribution in [-0.4, -0.2) is 37.7 Å². The monoisotopic (exact) mass is 342 g/mol. The third-order valence-corrected chi connectivity index (χ3v) is 4.02. The minimum Gasteiger partial charge on any atom is -0.383 e. The Morgan fingerprint density at radius 1 is 1.25 bits per heavy atom. The fourth-order valence-corrected chi connectivity index (χ4v) is 3.07. The summed E-state index contributed by atoms with van der Waals surface area (Å²) in [6, 6.07) is 8.59. The summed E-state index contributed by atoms with van der Waals surface area (Å²) in [5.41, 5.74) is 7.53. The molecule has 20 heavy (non-hydrogen) atoms. The predicted molar refractivity (Wildman–Crippen MR) is 88.8 cm³/mol. The highest BCUT2D eigenvalue weighted by Gasteiger charge is 2.26. The number of halogens is 1. The van der Waals surface area contributed by atoms with Crippen molar-refractivity contribution in [3.05, 3.63) is 34.3 Å². The quantitative estimate of drug-likeness (QED) is 0.786. The van der Waals surface area contributed by atoms with E-state index in [2.05, 4.69) is 59.8 Å². The second-order valence-corrected chi connectivity index (χ2v) is 6.56. The molecule has 114 valence electrons. The molecule has 0 aliphatic carbocycles. The minimum atomic E-state index is 0.0595. The number of hydrogen-bond donors (Lipinski definition) is 1. The predicted octanol–water partition coefficient (Wildman–Crippen LogP) is 3.44. The lowest BCUT2D eigenvalue weighted by Crippen LogP contribution is -2.43. The molecule has 1 rings (SSSR count). The highest BCUT2D eigenvalue weighted by atomic mass is 79.9. The molecule has 2 atom stereocenters. The Hall–Kier alpha value is -0.420. The van der Waals surface area contributed by atoms with Crippen molar-refractivity contribution in [1.29, 1.82) is 0 Å². The van der Waals surface area contributed by atoms with Gasteiger partial charge in [-0.15, -0.1) is 0 Å². The van der Waals surface area contributed by atoms with Crippen molar-refractivity contribution in [3.8, 4) is 0 Å². The highest BCUT2D eigenvalue weighted by Crippen LogP contribution is 2.30. The first-order valence-electron chi connectivity index (χ1n) is 7.20. The SMILES string of the molecule is COCCN(CC(C)C)C(c1ccccc1Br)C(C)N. The molecule has 0 aliphatic rings.